The van der Waals surface area contributed by atoms with Gasteiger partial charge in [-0.25, -0.2) is 0 Å². The molecule has 0 atom stereocenters. The summed E-state index contributed by atoms with van der Waals surface area (Å²) >= 11 is 0. The lowest BCUT2D eigenvalue weighted by molar-refractivity contribution is 1.14. The van der Waals surface area contributed by atoms with Crippen molar-refractivity contribution >= 4 is 0 Å². The second-order valence-corrected chi connectivity index (χ2v) is 3.35. The number of nitriles is 1. The Labute approximate surface area is 88.8 Å². The third kappa shape index (κ3) is 2.41. The van der Waals surface area contributed by atoms with Gasteiger partial charge in [-0.05, 0) is 35.7 Å². The van der Waals surface area contributed by atoms with Crippen LogP contribution in [0.15, 0.2) is 48.8 Å². The normalized spacial score (nSPS) is 9.53. The molecule has 1 aromatic carbocycles. The van der Waals surface area contributed by atoms with Gasteiger partial charge < -0.3 is 0 Å². The Balaban J connectivity index is 2.22. The van der Waals surface area contributed by atoms with E-state index in [-0.39, 0.29) is 0 Å². The zero-order valence-electron chi connectivity index (χ0n) is 8.22. The quantitative estimate of drug-likeness (QED) is 0.736. The first-order valence-electron chi connectivity index (χ1n) is 4.76. The van der Waals surface area contributed by atoms with Crippen molar-refractivity contribution in [2.75, 3.05) is 0 Å². The Morgan fingerprint density at radius 3 is 2.73 bits per heavy atom. The standard InChI is InChI=1S/C13H10N2/c14-9-12-4-1-3-11(7-12)8-13-5-2-6-15-10-13/h1-7,10H,8H2. The molecule has 0 unspecified atom stereocenters. The third-order valence-electron chi connectivity index (χ3n) is 2.19. The van der Waals surface area contributed by atoms with Gasteiger partial charge in [0.1, 0.15) is 0 Å². The SMILES string of the molecule is N#Cc1cccc(Cc2cccnc2)c1. The van der Waals surface area contributed by atoms with Crippen LogP contribution in [0.25, 0.3) is 0 Å². The van der Waals surface area contributed by atoms with Gasteiger partial charge in [0.25, 0.3) is 0 Å². The summed E-state index contributed by atoms with van der Waals surface area (Å²) in [5.74, 6) is 0. The Morgan fingerprint density at radius 2 is 2.00 bits per heavy atom. The summed E-state index contributed by atoms with van der Waals surface area (Å²) in [6.45, 7) is 0. The summed E-state index contributed by atoms with van der Waals surface area (Å²) in [6.07, 6.45) is 4.43. The van der Waals surface area contributed by atoms with Gasteiger partial charge >= 0.3 is 0 Å². The van der Waals surface area contributed by atoms with Gasteiger partial charge in [0.15, 0.2) is 0 Å². The average Bonchev–Trinajstić information content (AvgIpc) is 2.31. The minimum atomic E-state index is 0.705. The summed E-state index contributed by atoms with van der Waals surface area (Å²) < 4.78 is 0. The molecule has 15 heavy (non-hydrogen) atoms. The van der Waals surface area contributed by atoms with Crippen molar-refractivity contribution < 1.29 is 0 Å². The topological polar surface area (TPSA) is 36.7 Å². The molecule has 0 aliphatic carbocycles. The van der Waals surface area contributed by atoms with Gasteiger partial charge in [0, 0.05) is 12.4 Å². The summed E-state index contributed by atoms with van der Waals surface area (Å²) in [5, 5.41) is 8.77. The van der Waals surface area contributed by atoms with Gasteiger partial charge in [-0.2, -0.15) is 5.26 Å². The summed E-state index contributed by atoms with van der Waals surface area (Å²) in [7, 11) is 0. The number of hydrogen-bond acceptors (Lipinski definition) is 2. The number of pyridine rings is 1. The first-order valence-corrected chi connectivity index (χ1v) is 4.76. The van der Waals surface area contributed by atoms with Crippen LogP contribution in [-0.4, -0.2) is 4.98 Å². The molecule has 2 rings (SSSR count). The molecule has 0 saturated heterocycles. The van der Waals surface area contributed by atoms with E-state index in [9.17, 15) is 0 Å². The largest absolute Gasteiger partial charge is 0.264 e. The van der Waals surface area contributed by atoms with Crippen molar-refractivity contribution in [3.8, 4) is 6.07 Å². The Kier molecular flexibility index (Phi) is 2.75. The molecule has 0 aliphatic rings. The van der Waals surface area contributed by atoms with Crippen molar-refractivity contribution in [3.05, 3.63) is 65.5 Å². The van der Waals surface area contributed by atoms with E-state index in [2.05, 4.69) is 11.1 Å². The van der Waals surface area contributed by atoms with E-state index in [0.717, 1.165) is 17.5 Å². The fraction of sp³-hybridized carbons (Fsp3) is 0.0769. The Hall–Kier alpha value is -2.14. The number of rotatable bonds is 2. The fourth-order valence-corrected chi connectivity index (χ4v) is 1.49. The molecule has 0 saturated carbocycles. The summed E-state index contributed by atoms with van der Waals surface area (Å²) in [6, 6.07) is 13.7. The van der Waals surface area contributed by atoms with Gasteiger partial charge in [-0.1, -0.05) is 18.2 Å². The second-order valence-electron chi connectivity index (χ2n) is 3.35. The predicted molar refractivity (Wildman–Crippen MR) is 58.2 cm³/mol. The van der Waals surface area contributed by atoms with Gasteiger partial charge in [0.2, 0.25) is 0 Å². The zero-order chi connectivity index (χ0) is 10.5. The third-order valence-corrected chi connectivity index (χ3v) is 2.19. The van der Waals surface area contributed by atoms with E-state index >= 15 is 0 Å². The maximum absolute atomic E-state index is 8.77. The molecular formula is C13H10N2. The zero-order valence-corrected chi connectivity index (χ0v) is 8.22. The molecule has 0 fully saturated rings. The molecule has 1 aromatic heterocycles. The van der Waals surface area contributed by atoms with Crippen LogP contribution in [0.1, 0.15) is 16.7 Å². The van der Waals surface area contributed by atoms with E-state index in [4.69, 9.17) is 5.26 Å². The Bertz CT molecular complexity index is 483. The Morgan fingerprint density at radius 1 is 1.13 bits per heavy atom. The highest BCUT2D eigenvalue weighted by molar-refractivity contribution is 5.34. The molecule has 0 spiro atoms. The molecule has 1 heterocycles. The molecule has 0 bridgehead atoms. The second kappa shape index (κ2) is 4.39. The number of nitrogens with zero attached hydrogens (tertiary/aromatic N) is 2. The van der Waals surface area contributed by atoms with Crippen LogP contribution in [0.2, 0.25) is 0 Å². The van der Waals surface area contributed by atoms with Crippen molar-refractivity contribution in [1.82, 2.24) is 4.98 Å². The number of benzene rings is 1. The maximum atomic E-state index is 8.77. The van der Waals surface area contributed by atoms with Crippen molar-refractivity contribution in [2.24, 2.45) is 0 Å². The van der Waals surface area contributed by atoms with E-state index in [1.807, 2.05) is 42.6 Å². The molecule has 0 aliphatic heterocycles. The first-order chi connectivity index (χ1) is 7.38. The monoisotopic (exact) mass is 194 g/mol. The van der Waals surface area contributed by atoms with Crippen LogP contribution in [0.4, 0.5) is 0 Å². The van der Waals surface area contributed by atoms with Crippen molar-refractivity contribution in [2.45, 2.75) is 6.42 Å². The predicted octanol–water partition coefficient (Wildman–Crippen LogP) is 2.54. The smallest absolute Gasteiger partial charge is 0.0991 e. The lowest BCUT2D eigenvalue weighted by Gasteiger charge is -2.01. The van der Waals surface area contributed by atoms with Crippen molar-refractivity contribution in [3.63, 3.8) is 0 Å². The molecule has 0 radical (unpaired) electrons. The summed E-state index contributed by atoms with van der Waals surface area (Å²) in [4.78, 5) is 4.06. The van der Waals surface area contributed by atoms with Gasteiger partial charge in [0.05, 0.1) is 11.6 Å². The van der Waals surface area contributed by atoms with E-state index in [1.165, 1.54) is 0 Å². The van der Waals surface area contributed by atoms with Crippen LogP contribution >= 0.6 is 0 Å². The van der Waals surface area contributed by atoms with E-state index in [1.54, 1.807) is 6.20 Å². The highest BCUT2D eigenvalue weighted by Crippen LogP contribution is 2.09. The highest BCUT2D eigenvalue weighted by Gasteiger charge is 1.97. The minimum Gasteiger partial charge on any atom is -0.264 e. The maximum Gasteiger partial charge on any atom is 0.0991 e. The van der Waals surface area contributed by atoms with Crippen LogP contribution in [0.3, 0.4) is 0 Å². The van der Waals surface area contributed by atoms with E-state index < -0.39 is 0 Å². The van der Waals surface area contributed by atoms with Crippen LogP contribution in [0, 0.1) is 11.3 Å². The van der Waals surface area contributed by atoms with E-state index in [0.29, 0.717) is 5.56 Å². The fourth-order valence-electron chi connectivity index (χ4n) is 1.49. The number of aromatic nitrogens is 1. The van der Waals surface area contributed by atoms with Crippen LogP contribution < -0.4 is 0 Å². The lowest BCUT2D eigenvalue weighted by Crippen LogP contribution is -1.89. The van der Waals surface area contributed by atoms with Crippen LogP contribution in [-0.2, 0) is 6.42 Å². The molecular weight excluding hydrogens is 184 g/mol. The molecule has 2 nitrogen and oxygen atoms in total. The molecule has 2 aromatic rings. The molecule has 0 amide bonds. The van der Waals surface area contributed by atoms with Gasteiger partial charge in [-0.3, -0.25) is 4.98 Å². The van der Waals surface area contributed by atoms with Crippen molar-refractivity contribution in [1.29, 1.82) is 5.26 Å². The molecule has 2 heteroatoms. The first kappa shape index (κ1) is 9.42. The average molecular weight is 194 g/mol. The highest BCUT2D eigenvalue weighted by atomic mass is 14.6. The summed E-state index contributed by atoms with van der Waals surface area (Å²) in [5.41, 5.74) is 3.01. The molecule has 0 N–H and O–H groups in total. The lowest BCUT2D eigenvalue weighted by atomic mass is 10.0. The minimum absolute atomic E-state index is 0.705. The van der Waals surface area contributed by atoms with Crippen LogP contribution in [0.5, 0.6) is 0 Å². The van der Waals surface area contributed by atoms with Gasteiger partial charge in [-0.15, -0.1) is 0 Å². The molecule has 72 valence electrons. The number of hydrogen-bond donors (Lipinski definition) is 0.